The zero-order valence-electron chi connectivity index (χ0n) is 53.6. The Kier molecular flexibility index (Phi) is 33.7. The lowest BCUT2D eigenvalue weighted by atomic mass is 9.99. The summed E-state index contributed by atoms with van der Waals surface area (Å²) in [5.74, 6) is -11.2. The third kappa shape index (κ3) is 27.3. The molecular weight excluding hydrogens is 1310 g/mol. The van der Waals surface area contributed by atoms with Gasteiger partial charge in [0.15, 0.2) is 12.2 Å². The molecule has 0 saturated carbocycles. The maximum absolute atomic E-state index is 14.8. The van der Waals surface area contributed by atoms with E-state index < -0.39 is 182 Å². The Labute approximate surface area is 567 Å². The number of rotatable bonds is 31. The van der Waals surface area contributed by atoms with Gasteiger partial charge in [-0.15, -0.1) is 0 Å². The lowest BCUT2D eigenvalue weighted by Crippen LogP contribution is -2.61. The van der Waals surface area contributed by atoms with Gasteiger partial charge in [0.1, 0.15) is 72.5 Å². The number of nitrogens with one attached hydrogen (secondary N) is 7. The quantitative estimate of drug-likeness (QED) is 0.00835. The monoisotopic (exact) mass is 1400 g/mol. The minimum atomic E-state index is -1.83. The van der Waals surface area contributed by atoms with Crippen molar-refractivity contribution in [1.29, 1.82) is 0 Å². The largest absolute Gasteiger partial charge is 0.427 e. The number of hydrogen-bond donors (Lipinski definition) is 17. The molecule has 5 rings (SSSR count). The second kappa shape index (κ2) is 41.1. The van der Waals surface area contributed by atoms with Crippen molar-refractivity contribution in [2.45, 2.75) is 182 Å². The molecule has 0 bridgehead atoms. The van der Waals surface area contributed by atoms with E-state index in [1.165, 1.54) is 17.0 Å². The van der Waals surface area contributed by atoms with E-state index in [1.54, 1.807) is 42.5 Å². The number of carbonyl (C=O) groups is 12. The number of ether oxygens (including phenoxy) is 3. The van der Waals surface area contributed by atoms with Crippen LogP contribution in [0.15, 0.2) is 59.6 Å². The molecule has 0 spiro atoms. The number of hydrogen-bond acceptors (Lipinski definition) is 23. The van der Waals surface area contributed by atoms with Gasteiger partial charge in [-0.2, -0.15) is 0 Å². The van der Waals surface area contributed by atoms with Gasteiger partial charge in [0, 0.05) is 56.9 Å². The van der Waals surface area contributed by atoms with Crippen LogP contribution in [0.2, 0.25) is 0 Å². The van der Waals surface area contributed by atoms with Gasteiger partial charge in [-0.3, -0.25) is 62.5 Å². The Morgan fingerprint density at radius 2 is 1.27 bits per heavy atom. The number of nitrogens with two attached hydrogens (primary N) is 6. The molecule has 3 aliphatic rings. The van der Waals surface area contributed by atoms with Gasteiger partial charge in [-0.25, -0.2) is 0 Å². The molecule has 34 nitrogen and oxygen atoms in total. The number of guanidine groups is 1. The number of nitrogens with zero attached hydrogens (tertiary/aromatic N) is 2. The van der Waals surface area contributed by atoms with Gasteiger partial charge in [0.05, 0.1) is 25.6 Å². The maximum atomic E-state index is 14.8. The summed E-state index contributed by atoms with van der Waals surface area (Å²) in [7, 11) is 1.95. The predicted molar refractivity (Wildman–Crippen MR) is 352 cm³/mol. The highest BCUT2D eigenvalue weighted by Gasteiger charge is 2.45. The molecule has 3 aliphatic heterocycles. The molecule has 536 valence electrons. The molecule has 3 fully saturated rings. The first-order valence-electron chi connectivity index (χ1n) is 31.8. The summed E-state index contributed by atoms with van der Waals surface area (Å²) >= 11 is 0. The number of aliphatic imine (C=N–C) groups is 1. The minimum absolute atomic E-state index is 0.0203. The zero-order valence-corrected chi connectivity index (χ0v) is 55.2. The molecule has 2 aromatic rings. The van der Waals surface area contributed by atoms with Crippen LogP contribution in [0.5, 0.6) is 5.75 Å². The van der Waals surface area contributed by atoms with Crippen LogP contribution in [0.4, 0.5) is 0 Å². The molecule has 23 N–H and O–H groups in total. The predicted octanol–water partition coefficient (Wildman–Crippen LogP) is -5.66. The molecule has 11 amide bonds. The van der Waals surface area contributed by atoms with Crippen LogP contribution in [0.25, 0.3) is 0 Å². The van der Waals surface area contributed by atoms with Gasteiger partial charge in [0.25, 0.3) is 0 Å². The third-order valence-corrected chi connectivity index (χ3v) is 18.2. The summed E-state index contributed by atoms with van der Waals surface area (Å²) in [5.41, 5.74) is 34.6. The standard InChI is InChI=1S/C61H91N15O19S2/c62-36-31-96-97-32-42(59(92)76-24-11-15-43(76)58(91)71-37(14-10-23-68-61(66)67)53(86)69-29-47(65)80)75-57(90)41(28-46(64)79)74-54(87)38(21-22-45(63)78)70-55(88)40(26-33-12-6-5-7-13-33)73-56(89)39(72-52(36)85)27-34-17-19-35(20-18-34)94-48(81)16-8-3-1-2-4-9-25-93-60-51(84)50(83)49(82)44(30-77)95-60/h5-7,12-13,17-20,36-44,49-51,60,77,82-84H,1-4,8-11,14-16,21-32,62H2,(H2,63,78)(H2,64,79)(H2,65,80)(H,69,86)(H,70,88)(H,71,91)(H,72,85)(H,73,89)(H,74,87)(H,75,90)(H4,66,67,68)/t36-,37-,38-,39?,40-,41?,42-,43-,44+,49-,50-,51+,60+/m0/s1. The Morgan fingerprint density at radius 1 is 0.670 bits per heavy atom. The van der Waals surface area contributed by atoms with E-state index in [1.807, 2.05) is 0 Å². The van der Waals surface area contributed by atoms with Crippen molar-refractivity contribution >= 4 is 98.5 Å². The first-order chi connectivity index (χ1) is 46.2. The van der Waals surface area contributed by atoms with Crippen LogP contribution in [0.3, 0.4) is 0 Å². The van der Waals surface area contributed by atoms with E-state index in [4.69, 9.17) is 48.6 Å². The van der Waals surface area contributed by atoms with Gasteiger partial charge in [-0.1, -0.05) is 89.7 Å². The number of aliphatic hydroxyl groups is 4. The van der Waals surface area contributed by atoms with Crippen molar-refractivity contribution in [1.82, 2.24) is 42.1 Å². The summed E-state index contributed by atoms with van der Waals surface area (Å²) in [4.78, 5) is 168. The maximum Gasteiger partial charge on any atom is 0.311 e. The molecule has 3 saturated heterocycles. The lowest BCUT2D eigenvalue weighted by Gasteiger charge is -2.39. The number of unbranched alkanes of at least 4 members (excludes halogenated alkanes) is 5. The number of esters is 1. The molecule has 0 radical (unpaired) electrons. The van der Waals surface area contributed by atoms with E-state index >= 15 is 0 Å². The highest BCUT2D eigenvalue weighted by atomic mass is 33.1. The van der Waals surface area contributed by atoms with Crippen molar-refractivity contribution in [3.63, 3.8) is 0 Å². The van der Waals surface area contributed by atoms with E-state index in [-0.39, 0.29) is 87.9 Å². The van der Waals surface area contributed by atoms with Crippen molar-refractivity contribution in [3.8, 4) is 5.75 Å². The molecule has 2 aromatic carbocycles. The average molecular weight is 1400 g/mol. The number of aliphatic hydroxyl groups excluding tert-OH is 4. The normalized spacial score (nSPS) is 24.9. The second-order valence-corrected chi connectivity index (χ2v) is 26.0. The Morgan fingerprint density at radius 3 is 1.91 bits per heavy atom. The fourth-order valence-corrected chi connectivity index (χ4v) is 12.8. The number of amides is 11. The average Bonchev–Trinajstić information content (AvgIpc) is 1.81. The van der Waals surface area contributed by atoms with Crippen molar-refractivity contribution in [2.24, 2.45) is 39.4 Å². The highest BCUT2D eigenvalue weighted by Crippen LogP contribution is 2.27. The van der Waals surface area contributed by atoms with Crippen LogP contribution >= 0.6 is 21.6 Å². The molecule has 36 heteroatoms. The molecule has 0 aliphatic carbocycles. The number of primary amides is 3. The third-order valence-electron chi connectivity index (χ3n) is 15.8. The van der Waals surface area contributed by atoms with E-state index in [0.29, 0.717) is 30.4 Å². The SMILES string of the molecule is NC(=O)CC[C@@H]1NC(=O)[C@H](Cc2ccccc2)NC(=O)C(Cc2ccc(OC(=O)CCCCCCCCO[C@@H]3O[C@H](CO)[C@H](O)[C@H](O)[C@H]3O)cc2)NC(=O)[C@@H](N)CSSC[C@@H](C(=O)N2CCC[C@H]2C(=O)N[C@@H](CCCN=C(N)N)C(=O)NCC(N)=O)NC(=O)C(CC(N)=O)NC1=O. The first kappa shape index (κ1) is 79.5. The van der Waals surface area contributed by atoms with E-state index in [2.05, 4.69) is 42.2 Å². The van der Waals surface area contributed by atoms with Gasteiger partial charge in [0.2, 0.25) is 65.0 Å². The van der Waals surface area contributed by atoms with Crippen LogP contribution in [0, 0.1) is 0 Å². The Balaban J connectivity index is 1.34. The van der Waals surface area contributed by atoms with Crippen molar-refractivity contribution < 1.29 is 92.2 Å². The molecule has 0 aromatic heterocycles. The number of likely N-dealkylation sites (tertiary alicyclic amines) is 1. The van der Waals surface area contributed by atoms with E-state index in [0.717, 1.165) is 40.9 Å². The lowest BCUT2D eigenvalue weighted by molar-refractivity contribution is -0.301. The Bertz CT molecular complexity index is 3030. The molecular formula is C61H91N15O19S2. The van der Waals surface area contributed by atoms with Crippen molar-refractivity contribution in [2.75, 3.05) is 44.4 Å². The van der Waals surface area contributed by atoms with Gasteiger partial charge >= 0.3 is 5.97 Å². The van der Waals surface area contributed by atoms with Gasteiger partial charge in [-0.05, 0) is 68.2 Å². The fourth-order valence-electron chi connectivity index (χ4n) is 10.5. The van der Waals surface area contributed by atoms with Crippen LogP contribution in [0.1, 0.15) is 101 Å². The number of benzene rings is 2. The molecule has 97 heavy (non-hydrogen) atoms. The zero-order chi connectivity index (χ0) is 71.1. The smallest absolute Gasteiger partial charge is 0.311 e. The van der Waals surface area contributed by atoms with E-state index in [9.17, 15) is 78.0 Å². The summed E-state index contributed by atoms with van der Waals surface area (Å²) in [6, 6.07) is 2.63. The first-order valence-corrected chi connectivity index (χ1v) is 34.3. The topological polar surface area (TPSA) is 569 Å². The van der Waals surface area contributed by atoms with Crippen LogP contribution in [-0.2, 0) is 79.8 Å². The van der Waals surface area contributed by atoms with Gasteiger partial charge < -0.3 is 111 Å². The van der Waals surface area contributed by atoms with Crippen LogP contribution < -0.4 is 76.4 Å². The molecule has 3 heterocycles. The summed E-state index contributed by atoms with van der Waals surface area (Å²) in [6.45, 7) is -0.877. The van der Waals surface area contributed by atoms with Crippen molar-refractivity contribution in [3.05, 3.63) is 65.7 Å². The number of carbonyl (C=O) groups excluding carboxylic acids is 12. The summed E-state index contributed by atoms with van der Waals surface area (Å²) in [5, 5.41) is 57.3. The summed E-state index contributed by atoms with van der Waals surface area (Å²) < 4.78 is 16.5. The Hall–Kier alpha value is -8.23. The molecule has 13 atom stereocenters. The second-order valence-electron chi connectivity index (χ2n) is 23.5. The van der Waals surface area contributed by atoms with Crippen LogP contribution in [-0.4, -0.2) is 226 Å². The fraction of sp³-hybridized carbons (Fsp3) is 0.590. The molecule has 2 unspecified atom stereocenters. The summed E-state index contributed by atoms with van der Waals surface area (Å²) in [6.07, 6.45) is -4.21. The highest BCUT2D eigenvalue weighted by molar-refractivity contribution is 8.76. The minimum Gasteiger partial charge on any atom is -0.427 e.